The Kier molecular flexibility index (Phi) is 2.34. The largest absolute Gasteiger partial charge is 0.274 e. The Hall–Kier alpha value is -1.29. The Morgan fingerprint density at radius 2 is 1.58 bits per heavy atom. The fraction of sp³-hybridized carbons (Fsp3) is 0.467. The quantitative estimate of drug-likeness (QED) is 0.630. The van der Waals surface area contributed by atoms with Crippen molar-refractivity contribution in [3.8, 4) is 0 Å². The van der Waals surface area contributed by atoms with Gasteiger partial charge in [-0.05, 0) is 43.2 Å². The summed E-state index contributed by atoms with van der Waals surface area (Å²) in [4.78, 5) is 27.3. The van der Waals surface area contributed by atoms with Gasteiger partial charge in [-0.15, -0.1) is 12.6 Å². The maximum Gasteiger partial charge on any atom is 0.238 e. The molecule has 4 heteroatoms. The highest BCUT2D eigenvalue weighted by atomic mass is 32.1. The number of carbonyl (C=O) groups excluding carboxylic acids is 2. The van der Waals surface area contributed by atoms with Crippen molar-refractivity contribution in [2.75, 3.05) is 4.90 Å². The monoisotopic (exact) mass is 273 g/mol. The molecule has 0 spiro atoms. The van der Waals surface area contributed by atoms with Crippen molar-refractivity contribution in [2.45, 2.75) is 24.2 Å². The van der Waals surface area contributed by atoms with E-state index in [-0.39, 0.29) is 23.7 Å². The molecule has 2 amide bonds. The van der Waals surface area contributed by atoms with Crippen LogP contribution in [0, 0.1) is 23.7 Å². The second kappa shape index (κ2) is 3.85. The van der Waals surface area contributed by atoms with Crippen LogP contribution in [-0.2, 0) is 9.59 Å². The van der Waals surface area contributed by atoms with Crippen molar-refractivity contribution in [2.24, 2.45) is 23.7 Å². The molecule has 0 N–H and O–H groups in total. The second-order valence-electron chi connectivity index (χ2n) is 5.89. The Bertz CT molecular complexity index is 557. The van der Waals surface area contributed by atoms with E-state index in [1.807, 2.05) is 18.2 Å². The molecular weight excluding hydrogens is 258 g/mol. The molecule has 1 heterocycles. The Labute approximate surface area is 117 Å². The summed E-state index contributed by atoms with van der Waals surface area (Å²) in [5, 5.41) is 0. The van der Waals surface area contributed by atoms with Crippen LogP contribution in [0.4, 0.5) is 5.69 Å². The average Bonchev–Trinajstić information content (AvgIpc) is 3.06. The van der Waals surface area contributed by atoms with Crippen molar-refractivity contribution >= 4 is 30.1 Å². The molecule has 0 aromatic heterocycles. The minimum Gasteiger partial charge on any atom is -0.274 e. The molecule has 3 aliphatic rings. The Morgan fingerprint density at radius 1 is 1.00 bits per heavy atom. The van der Waals surface area contributed by atoms with Crippen LogP contribution in [-0.4, -0.2) is 11.8 Å². The van der Waals surface area contributed by atoms with Gasteiger partial charge in [0.1, 0.15) is 0 Å². The van der Waals surface area contributed by atoms with Gasteiger partial charge in [0.2, 0.25) is 11.8 Å². The molecule has 4 rings (SSSR count). The summed E-state index contributed by atoms with van der Waals surface area (Å²) < 4.78 is 0. The van der Waals surface area contributed by atoms with Crippen LogP contribution in [0.5, 0.6) is 0 Å². The van der Waals surface area contributed by atoms with Crippen LogP contribution in [0.15, 0.2) is 29.2 Å². The van der Waals surface area contributed by atoms with Crippen LogP contribution >= 0.6 is 12.6 Å². The number of hydrogen-bond donors (Lipinski definition) is 1. The lowest BCUT2D eigenvalue weighted by atomic mass is 9.81. The van der Waals surface area contributed by atoms with Gasteiger partial charge in [0.05, 0.1) is 17.5 Å². The first-order valence-corrected chi connectivity index (χ1v) is 7.29. The van der Waals surface area contributed by atoms with Crippen molar-refractivity contribution in [3.63, 3.8) is 0 Å². The van der Waals surface area contributed by atoms with Gasteiger partial charge in [0.25, 0.3) is 0 Å². The normalized spacial score (nSPS) is 36.2. The van der Waals surface area contributed by atoms with Gasteiger partial charge in [-0.1, -0.05) is 12.1 Å². The number of anilines is 1. The summed E-state index contributed by atoms with van der Waals surface area (Å²) >= 11 is 4.38. The average molecular weight is 273 g/mol. The molecule has 98 valence electrons. The summed E-state index contributed by atoms with van der Waals surface area (Å²) in [5.74, 6) is 0.762. The number of amides is 2. The highest BCUT2D eigenvalue weighted by molar-refractivity contribution is 7.80. The third kappa shape index (κ3) is 1.41. The number of benzene rings is 1. The summed E-state index contributed by atoms with van der Waals surface area (Å²) in [7, 11) is 0. The fourth-order valence-electron chi connectivity index (χ4n) is 4.30. The molecule has 0 radical (unpaired) electrons. The molecule has 2 aliphatic carbocycles. The van der Waals surface area contributed by atoms with Crippen molar-refractivity contribution in [1.29, 1.82) is 0 Å². The minimum absolute atomic E-state index is 0.00343. The molecule has 1 aromatic carbocycles. The van der Waals surface area contributed by atoms with Gasteiger partial charge in [0, 0.05) is 4.90 Å². The molecule has 1 aliphatic heterocycles. The summed E-state index contributed by atoms with van der Waals surface area (Å²) in [6, 6.07) is 7.34. The van der Waals surface area contributed by atoms with Crippen LogP contribution < -0.4 is 4.90 Å². The maximum absolute atomic E-state index is 12.6. The maximum atomic E-state index is 12.6. The van der Waals surface area contributed by atoms with Crippen molar-refractivity contribution in [3.05, 3.63) is 24.3 Å². The van der Waals surface area contributed by atoms with Gasteiger partial charge in [-0.3, -0.25) is 9.59 Å². The van der Waals surface area contributed by atoms with E-state index in [1.165, 1.54) is 4.90 Å². The number of rotatable bonds is 1. The van der Waals surface area contributed by atoms with Gasteiger partial charge in [-0.2, -0.15) is 0 Å². The number of hydrogen-bond acceptors (Lipinski definition) is 3. The van der Waals surface area contributed by atoms with E-state index in [4.69, 9.17) is 0 Å². The molecule has 2 saturated carbocycles. The SMILES string of the molecule is O=C1[C@H]2[C@@H]3CC[C@H](C3)[C@@H]2C(=O)N1c1ccccc1S. The number of thiol groups is 1. The predicted molar refractivity (Wildman–Crippen MR) is 74.0 cm³/mol. The highest BCUT2D eigenvalue weighted by Crippen LogP contribution is 2.56. The third-order valence-corrected chi connectivity index (χ3v) is 5.43. The number of imide groups is 1. The van der Waals surface area contributed by atoms with Gasteiger partial charge in [-0.25, -0.2) is 4.90 Å². The second-order valence-corrected chi connectivity index (χ2v) is 6.37. The molecule has 1 aromatic rings. The standard InChI is InChI=1S/C15H15NO2S/c17-14-12-8-5-6-9(7-8)13(12)15(18)16(14)10-3-1-2-4-11(10)19/h1-4,8-9,12-13,19H,5-7H2/t8-,9-,12+,13+/m1/s1. The first-order chi connectivity index (χ1) is 9.18. The van der Waals surface area contributed by atoms with Crippen molar-refractivity contribution in [1.82, 2.24) is 0 Å². The lowest BCUT2D eigenvalue weighted by Gasteiger charge is -2.19. The first kappa shape index (κ1) is 11.5. The number of carbonyl (C=O) groups is 2. The Morgan fingerprint density at radius 3 is 2.16 bits per heavy atom. The molecule has 3 fully saturated rings. The van der Waals surface area contributed by atoms with Gasteiger partial charge < -0.3 is 0 Å². The molecular formula is C15H15NO2S. The van der Waals surface area contributed by atoms with Crippen LogP contribution in [0.2, 0.25) is 0 Å². The van der Waals surface area contributed by atoms with Gasteiger partial charge >= 0.3 is 0 Å². The lowest BCUT2D eigenvalue weighted by Crippen LogP contribution is -2.33. The number of nitrogens with zero attached hydrogens (tertiary/aromatic N) is 1. The predicted octanol–water partition coefficient (Wildman–Crippen LogP) is 2.51. The summed E-state index contributed by atoms with van der Waals surface area (Å²) in [5.41, 5.74) is 0.648. The van der Waals surface area contributed by atoms with Crippen LogP contribution in [0.3, 0.4) is 0 Å². The Balaban J connectivity index is 1.78. The lowest BCUT2D eigenvalue weighted by molar-refractivity contribution is -0.123. The topological polar surface area (TPSA) is 37.4 Å². The van der Waals surface area contributed by atoms with E-state index in [9.17, 15) is 9.59 Å². The summed E-state index contributed by atoms with van der Waals surface area (Å²) in [6.45, 7) is 0. The first-order valence-electron chi connectivity index (χ1n) is 6.84. The molecule has 0 unspecified atom stereocenters. The molecule has 2 bridgehead atoms. The zero-order valence-corrected chi connectivity index (χ0v) is 11.3. The fourth-order valence-corrected chi connectivity index (χ4v) is 4.56. The van der Waals surface area contributed by atoms with Crippen molar-refractivity contribution < 1.29 is 9.59 Å². The zero-order valence-electron chi connectivity index (χ0n) is 10.5. The van der Waals surface area contributed by atoms with Crippen LogP contribution in [0.25, 0.3) is 0 Å². The highest BCUT2D eigenvalue weighted by Gasteiger charge is 2.61. The smallest absolute Gasteiger partial charge is 0.238 e. The third-order valence-electron chi connectivity index (χ3n) is 5.05. The number of fused-ring (bicyclic) bond motifs is 5. The molecule has 19 heavy (non-hydrogen) atoms. The molecule has 1 saturated heterocycles. The molecule has 3 nitrogen and oxygen atoms in total. The van der Waals surface area contributed by atoms with E-state index < -0.39 is 0 Å². The zero-order chi connectivity index (χ0) is 13.1. The summed E-state index contributed by atoms with van der Waals surface area (Å²) in [6.07, 6.45) is 3.30. The minimum atomic E-state index is -0.0563. The number of para-hydroxylation sites is 1. The van der Waals surface area contributed by atoms with E-state index in [1.54, 1.807) is 6.07 Å². The van der Waals surface area contributed by atoms with E-state index in [2.05, 4.69) is 12.6 Å². The van der Waals surface area contributed by atoms with E-state index in [0.29, 0.717) is 22.4 Å². The van der Waals surface area contributed by atoms with E-state index in [0.717, 1.165) is 19.3 Å². The van der Waals surface area contributed by atoms with E-state index >= 15 is 0 Å². The van der Waals surface area contributed by atoms with Gasteiger partial charge in [0.15, 0.2) is 0 Å². The van der Waals surface area contributed by atoms with Crippen LogP contribution in [0.1, 0.15) is 19.3 Å². The molecule has 4 atom stereocenters.